The van der Waals surface area contributed by atoms with Gasteiger partial charge in [0.05, 0.1) is 13.2 Å². The molecule has 1 fully saturated rings. The van der Waals surface area contributed by atoms with Gasteiger partial charge in [0.25, 0.3) is 0 Å². The van der Waals surface area contributed by atoms with Crippen LogP contribution in [0.2, 0.25) is 0 Å². The number of methoxy groups -OCH3 is 1. The lowest BCUT2D eigenvalue weighted by molar-refractivity contribution is 0.0193. The van der Waals surface area contributed by atoms with E-state index in [1.165, 1.54) is 24.0 Å². The minimum Gasteiger partial charge on any atom is -0.497 e. The minimum absolute atomic E-state index is 0.0891. The Bertz CT molecular complexity index is 631. The van der Waals surface area contributed by atoms with Gasteiger partial charge in [0, 0.05) is 5.41 Å². The second kappa shape index (κ2) is 5.13. The first-order valence-corrected chi connectivity index (χ1v) is 8.77. The van der Waals surface area contributed by atoms with Gasteiger partial charge >= 0.3 is 0 Å². The maximum atomic E-state index is 10.6. The number of benzene rings is 1. The van der Waals surface area contributed by atoms with Crippen molar-refractivity contribution in [1.82, 2.24) is 0 Å². The van der Waals surface area contributed by atoms with Crippen LogP contribution >= 0.6 is 0 Å². The van der Waals surface area contributed by atoms with Crippen molar-refractivity contribution in [3.63, 3.8) is 0 Å². The summed E-state index contributed by atoms with van der Waals surface area (Å²) in [6, 6.07) is 6.57. The largest absolute Gasteiger partial charge is 0.497 e. The van der Waals surface area contributed by atoms with Crippen molar-refractivity contribution in [2.75, 3.05) is 7.11 Å². The molecule has 4 rings (SSSR count). The molecule has 2 unspecified atom stereocenters. The molecule has 2 nitrogen and oxygen atoms in total. The van der Waals surface area contributed by atoms with E-state index in [2.05, 4.69) is 25.1 Å². The Kier molecular flexibility index (Phi) is 3.34. The van der Waals surface area contributed by atoms with Gasteiger partial charge in [0.2, 0.25) is 0 Å². The van der Waals surface area contributed by atoms with Crippen LogP contribution in [-0.4, -0.2) is 18.3 Å². The van der Waals surface area contributed by atoms with Crippen molar-refractivity contribution in [2.24, 2.45) is 11.3 Å². The molecule has 22 heavy (non-hydrogen) atoms. The van der Waals surface area contributed by atoms with Gasteiger partial charge in [-0.15, -0.1) is 0 Å². The number of hydrogen-bond acceptors (Lipinski definition) is 2. The van der Waals surface area contributed by atoms with Crippen molar-refractivity contribution >= 4 is 5.57 Å². The van der Waals surface area contributed by atoms with E-state index in [1.807, 2.05) is 0 Å². The average molecular weight is 298 g/mol. The molecular weight excluding hydrogens is 272 g/mol. The van der Waals surface area contributed by atoms with Crippen LogP contribution in [0.1, 0.15) is 56.6 Å². The number of aliphatic hydroxyl groups is 1. The molecule has 1 aromatic carbocycles. The van der Waals surface area contributed by atoms with Crippen LogP contribution in [0.5, 0.6) is 5.75 Å². The molecule has 0 amide bonds. The van der Waals surface area contributed by atoms with E-state index in [0.29, 0.717) is 5.92 Å². The highest BCUT2D eigenvalue weighted by Gasteiger charge is 2.52. The molecule has 3 aliphatic carbocycles. The average Bonchev–Trinajstić information content (AvgIpc) is 2.91. The SMILES string of the molecule is CC[C@]12CCC3=C(CCc4cc(OC)ccc43)C1CCC2O. The minimum atomic E-state index is -0.0891. The van der Waals surface area contributed by atoms with Crippen LogP contribution in [0.4, 0.5) is 0 Å². The summed E-state index contributed by atoms with van der Waals surface area (Å²) in [6.45, 7) is 2.27. The van der Waals surface area contributed by atoms with Gasteiger partial charge in [-0.1, -0.05) is 18.6 Å². The summed E-state index contributed by atoms with van der Waals surface area (Å²) < 4.78 is 5.38. The third-order valence-corrected chi connectivity index (χ3v) is 6.69. The fraction of sp³-hybridized carbons (Fsp3) is 0.600. The molecule has 2 heteroatoms. The number of hydrogen-bond donors (Lipinski definition) is 1. The zero-order valence-corrected chi connectivity index (χ0v) is 13.7. The summed E-state index contributed by atoms with van der Waals surface area (Å²) in [6.07, 6.45) is 7.78. The predicted octanol–water partition coefficient (Wildman–Crippen LogP) is 4.36. The lowest BCUT2D eigenvalue weighted by Gasteiger charge is -2.45. The Morgan fingerprint density at radius 2 is 2.09 bits per heavy atom. The Morgan fingerprint density at radius 1 is 1.23 bits per heavy atom. The van der Waals surface area contributed by atoms with Crippen LogP contribution < -0.4 is 4.74 Å². The molecule has 0 bridgehead atoms. The zero-order chi connectivity index (χ0) is 15.3. The lowest BCUT2D eigenvalue weighted by Crippen LogP contribution is -2.39. The highest BCUT2D eigenvalue weighted by molar-refractivity contribution is 5.75. The maximum absolute atomic E-state index is 10.6. The van der Waals surface area contributed by atoms with Gasteiger partial charge in [0.1, 0.15) is 5.75 Å². The fourth-order valence-corrected chi connectivity index (χ4v) is 5.48. The number of fused-ring (bicyclic) bond motifs is 4. The van der Waals surface area contributed by atoms with Crippen molar-refractivity contribution in [3.05, 3.63) is 34.9 Å². The molecule has 0 spiro atoms. The van der Waals surface area contributed by atoms with Crippen molar-refractivity contribution < 1.29 is 9.84 Å². The topological polar surface area (TPSA) is 29.5 Å². The highest BCUT2D eigenvalue weighted by Crippen LogP contribution is 2.59. The standard InChI is InChI=1S/C20H26O2/c1-3-20-11-10-16-15-7-5-14(22-2)12-13(15)4-6-17(16)18(20)8-9-19(20)21/h5,7,12,18-19,21H,3-4,6,8-11H2,1-2H3/t18?,19?,20-/m0/s1. The zero-order valence-electron chi connectivity index (χ0n) is 13.7. The molecule has 0 heterocycles. The summed E-state index contributed by atoms with van der Waals surface area (Å²) in [7, 11) is 1.74. The number of allylic oxidation sites excluding steroid dienone is 2. The van der Waals surface area contributed by atoms with Gasteiger partial charge in [-0.25, -0.2) is 0 Å². The van der Waals surface area contributed by atoms with E-state index < -0.39 is 0 Å². The van der Waals surface area contributed by atoms with Crippen molar-refractivity contribution in [3.8, 4) is 5.75 Å². The first-order chi connectivity index (χ1) is 10.7. The first kappa shape index (κ1) is 14.3. The van der Waals surface area contributed by atoms with Crippen LogP contribution in [-0.2, 0) is 6.42 Å². The smallest absolute Gasteiger partial charge is 0.119 e. The highest BCUT2D eigenvalue weighted by atomic mass is 16.5. The van der Waals surface area contributed by atoms with Crippen molar-refractivity contribution in [2.45, 2.75) is 58.0 Å². The molecule has 1 N–H and O–H groups in total. The summed E-state index contributed by atoms with van der Waals surface area (Å²) in [5.41, 5.74) is 6.33. The lowest BCUT2D eigenvalue weighted by atomic mass is 9.60. The number of aliphatic hydroxyl groups excluding tert-OH is 1. The second-order valence-corrected chi connectivity index (χ2v) is 7.26. The predicted molar refractivity (Wildman–Crippen MR) is 88.9 cm³/mol. The monoisotopic (exact) mass is 298 g/mol. The number of ether oxygens (including phenoxy) is 1. The second-order valence-electron chi connectivity index (χ2n) is 7.26. The summed E-state index contributed by atoms with van der Waals surface area (Å²) in [5, 5.41) is 10.6. The van der Waals surface area contributed by atoms with Gasteiger partial charge in [0.15, 0.2) is 0 Å². The normalized spacial score (nSPS) is 33.2. The Hall–Kier alpha value is -1.28. The Balaban J connectivity index is 1.79. The summed E-state index contributed by atoms with van der Waals surface area (Å²) in [4.78, 5) is 0. The van der Waals surface area contributed by atoms with Gasteiger partial charge in [-0.3, -0.25) is 0 Å². The van der Waals surface area contributed by atoms with Gasteiger partial charge in [-0.05, 0) is 79.7 Å². The van der Waals surface area contributed by atoms with Crippen LogP contribution in [0, 0.1) is 11.3 Å². The number of rotatable bonds is 2. The Morgan fingerprint density at radius 3 is 2.86 bits per heavy atom. The molecule has 0 radical (unpaired) electrons. The van der Waals surface area contributed by atoms with E-state index in [1.54, 1.807) is 18.3 Å². The molecule has 1 saturated carbocycles. The molecule has 3 atom stereocenters. The molecule has 3 aliphatic rings. The van der Waals surface area contributed by atoms with Gasteiger partial charge < -0.3 is 9.84 Å². The quantitative estimate of drug-likeness (QED) is 0.879. The molecule has 0 aliphatic heterocycles. The van der Waals surface area contributed by atoms with E-state index in [0.717, 1.165) is 37.9 Å². The summed E-state index contributed by atoms with van der Waals surface area (Å²) in [5.74, 6) is 1.59. The number of aryl methyl sites for hydroxylation is 1. The van der Waals surface area contributed by atoms with E-state index in [4.69, 9.17) is 4.74 Å². The van der Waals surface area contributed by atoms with Gasteiger partial charge in [-0.2, -0.15) is 0 Å². The molecule has 0 aromatic heterocycles. The molecular formula is C20H26O2. The fourth-order valence-electron chi connectivity index (χ4n) is 5.48. The van der Waals surface area contributed by atoms with Crippen LogP contribution in [0.25, 0.3) is 5.57 Å². The third kappa shape index (κ3) is 1.83. The first-order valence-electron chi connectivity index (χ1n) is 8.77. The Labute approximate surface area is 133 Å². The van der Waals surface area contributed by atoms with E-state index >= 15 is 0 Å². The van der Waals surface area contributed by atoms with Crippen LogP contribution in [0.3, 0.4) is 0 Å². The summed E-state index contributed by atoms with van der Waals surface area (Å²) >= 11 is 0. The van der Waals surface area contributed by atoms with E-state index in [9.17, 15) is 5.11 Å². The van der Waals surface area contributed by atoms with E-state index in [-0.39, 0.29) is 11.5 Å². The van der Waals surface area contributed by atoms with Crippen LogP contribution in [0.15, 0.2) is 23.8 Å². The van der Waals surface area contributed by atoms with Crippen molar-refractivity contribution in [1.29, 1.82) is 0 Å². The molecule has 1 aromatic rings. The third-order valence-electron chi connectivity index (χ3n) is 6.69. The maximum Gasteiger partial charge on any atom is 0.119 e. The molecule has 0 saturated heterocycles. The molecule has 118 valence electrons.